The van der Waals surface area contributed by atoms with Crippen molar-refractivity contribution >= 4 is 28.4 Å². The van der Waals surface area contributed by atoms with Crippen LogP contribution in [0.5, 0.6) is 17.2 Å². The molecule has 0 atom stereocenters. The molecule has 1 N–H and O–H groups in total. The summed E-state index contributed by atoms with van der Waals surface area (Å²) in [5.41, 5.74) is 3.58. The van der Waals surface area contributed by atoms with E-state index in [1.165, 1.54) is 0 Å². The number of fused-ring (bicyclic) bond motifs is 1. The van der Waals surface area contributed by atoms with E-state index in [1.807, 2.05) is 104 Å². The minimum absolute atomic E-state index is 0.204. The average Bonchev–Trinajstić information content (AvgIpc) is 2.93. The van der Waals surface area contributed by atoms with Gasteiger partial charge in [0.25, 0.3) is 5.91 Å². The van der Waals surface area contributed by atoms with Crippen LogP contribution in [0, 0.1) is 0 Å². The van der Waals surface area contributed by atoms with Gasteiger partial charge in [0.15, 0.2) is 0 Å². The molecule has 0 aliphatic carbocycles. The first-order valence-corrected chi connectivity index (χ1v) is 12.4. The van der Waals surface area contributed by atoms with E-state index in [0.717, 1.165) is 22.2 Å². The number of carbonyl (C=O) groups excluding carboxylic acids is 1. The van der Waals surface area contributed by atoms with Crippen molar-refractivity contribution in [2.45, 2.75) is 13.5 Å². The summed E-state index contributed by atoms with van der Waals surface area (Å²) in [7, 11) is 0. The van der Waals surface area contributed by atoms with Crippen molar-refractivity contribution in [2.24, 2.45) is 0 Å². The summed E-state index contributed by atoms with van der Waals surface area (Å²) < 4.78 is 11.6. The highest BCUT2D eigenvalue weighted by Gasteiger charge is 2.16. The zero-order chi connectivity index (χ0) is 25.6. The first-order valence-electron chi connectivity index (χ1n) is 12.0. The Kier molecular flexibility index (Phi) is 7.33. The molecule has 5 nitrogen and oxygen atoms in total. The van der Waals surface area contributed by atoms with Crippen molar-refractivity contribution in [3.05, 3.63) is 119 Å². The van der Waals surface area contributed by atoms with Crippen LogP contribution < -0.4 is 14.8 Å². The van der Waals surface area contributed by atoms with Gasteiger partial charge in [-0.2, -0.15) is 0 Å². The molecule has 37 heavy (non-hydrogen) atoms. The van der Waals surface area contributed by atoms with Gasteiger partial charge in [-0.3, -0.25) is 4.79 Å². The summed E-state index contributed by atoms with van der Waals surface area (Å²) in [5, 5.41) is 4.32. The Morgan fingerprint density at radius 3 is 2.41 bits per heavy atom. The number of aromatic nitrogens is 1. The number of carbonyl (C=O) groups is 1. The van der Waals surface area contributed by atoms with E-state index in [4.69, 9.17) is 26.1 Å². The minimum atomic E-state index is -0.226. The normalized spacial score (nSPS) is 10.8. The molecule has 0 saturated carbocycles. The Morgan fingerprint density at radius 2 is 1.62 bits per heavy atom. The van der Waals surface area contributed by atoms with Crippen molar-refractivity contribution in [1.29, 1.82) is 0 Å². The molecule has 1 amide bonds. The maximum atomic E-state index is 13.5. The number of benzene rings is 4. The predicted molar refractivity (Wildman–Crippen MR) is 147 cm³/mol. The number of nitrogens with zero attached hydrogens (tertiary/aromatic N) is 1. The predicted octanol–water partition coefficient (Wildman–Crippen LogP) is 7.68. The van der Waals surface area contributed by atoms with Crippen LogP contribution in [0.1, 0.15) is 22.8 Å². The van der Waals surface area contributed by atoms with E-state index in [1.54, 1.807) is 6.07 Å². The molecule has 0 radical (unpaired) electrons. The second-order valence-electron chi connectivity index (χ2n) is 8.34. The first kappa shape index (κ1) is 24.3. The summed E-state index contributed by atoms with van der Waals surface area (Å²) in [5.74, 6) is 1.85. The Morgan fingerprint density at radius 1 is 0.865 bits per heavy atom. The van der Waals surface area contributed by atoms with E-state index >= 15 is 0 Å². The number of hydrogen-bond donors (Lipinski definition) is 1. The Bertz CT molecular complexity index is 1540. The molecule has 1 aromatic heterocycles. The number of hydrogen-bond acceptors (Lipinski definition) is 4. The molecular formula is C31H25ClN2O3. The van der Waals surface area contributed by atoms with Crippen LogP contribution in [-0.4, -0.2) is 17.5 Å². The zero-order valence-corrected chi connectivity index (χ0v) is 21.0. The molecule has 6 heteroatoms. The fourth-order valence-electron chi connectivity index (χ4n) is 4.09. The molecule has 5 aromatic rings. The fourth-order valence-corrected chi connectivity index (χ4v) is 4.32. The lowest BCUT2D eigenvalue weighted by Crippen LogP contribution is -2.23. The van der Waals surface area contributed by atoms with Crippen LogP contribution in [0.15, 0.2) is 103 Å². The number of para-hydroxylation sites is 2. The second kappa shape index (κ2) is 11.1. The van der Waals surface area contributed by atoms with Gasteiger partial charge in [0, 0.05) is 28.1 Å². The lowest BCUT2D eigenvalue weighted by atomic mass is 10.0. The molecule has 184 valence electrons. The lowest BCUT2D eigenvalue weighted by Gasteiger charge is -2.15. The van der Waals surface area contributed by atoms with Gasteiger partial charge >= 0.3 is 0 Å². The van der Waals surface area contributed by atoms with Gasteiger partial charge in [-0.25, -0.2) is 4.98 Å². The topological polar surface area (TPSA) is 60.5 Å². The Hall–Kier alpha value is -4.35. The molecule has 1 heterocycles. The zero-order valence-electron chi connectivity index (χ0n) is 20.3. The summed E-state index contributed by atoms with van der Waals surface area (Å²) in [6.45, 7) is 2.75. The molecule has 0 unspecified atom stereocenters. The third-order valence-corrected chi connectivity index (χ3v) is 6.25. The van der Waals surface area contributed by atoms with Crippen LogP contribution >= 0.6 is 11.6 Å². The van der Waals surface area contributed by atoms with Crippen molar-refractivity contribution < 1.29 is 14.3 Å². The fraction of sp³-hybridized carbons (Fsp3) is 0.0968. The van der Waals surface area contributed by atoms with Crippen molar-refractivity contribution in [1.82, 2.24) is 10.3 Å². The number of nitrogens with one attached hydrogen (secondary N) is 1. The van der Waals surface area contributed by atoms with Crippen molar-refractivity contribution in [3.63, 3.8) is 0 Å². The van der Waals surface area contributed by atoms with Crippen LogP contribution in [0.25, 0.3) is 22.2 Å². The lowest BCUT2D eigenvalue weighted by molar-refractivity contribution is 0.0952. The number of ether oxygens (including phenoxy) is 2. The maximum absolute atomic E-state index is 13.5. The molecule has 0 spiro atoms. The average molecular weight is 509 g/mol. The number of rotatable bonds is 8. The molecule has 4 aromatic carbocycles. The number of halogens is 1. The summed E-state index contributed by atoms with van der Waals surface area (Å²) in [6.07, 6.45) is 0. The van der Waals surface area contributed by atoms with Crippen LogP contribution in [-0.2, 0) is 6.54 Å². The van der Waals surface area contributed by atoms with E-state index in [2.05, 4.69) is 5.32 Å². The van der Waals surface area contributed by atoms with E-state index in [0.29, 0.717) is 39.9 Å². The van der Waals surface area contributed by atoms with Gasteiger partial charge in [0.2, 0.25) is 0 Å². The van der Waals surface area contributed by atoms with E-state index < -0.39 is 0 Å². The Balaban J connectivity index is 1.44. The molecule has 0 aliphatic rings. The van der Waals surface area contributed by atoms with Gasteiger partial charge in [-0.1, -0.05) is 54.1 Å². The molecule has 5 rings (SSSR count). The molecule has 0 fully saturated rings. The summed E-state index contributed by atoms with van der Waals surface area (Å²) >= 11 is 6.51. The first-order chi connectivity index (χ1) is 18.1. The third-order valence-electron chi connectivity index (χ3n) is 5.89. The smallest absolute Gasteiger partial charge is 0.252 e. The van der Waals surface area contributed by atoms with Gasteiger partial charge in [0.1, 0.15) is 17.2 Å². The standard InChI is InChI=1S/C31H25ClN2O3/c1-2-36-22-17-15-21(16-18-22)29-19-25(24-11-6-7-13-28(24)34-29)31(35)33-20-26-27(32)12-8-14-30(26)37-23-9-4-3-5-10-23/h3-19H,2,20H2,1H3,(H,33,35). The van der Waals surface area contributed by atoms with Crippen LogP contribution in [0.3, 0.4) is 0 Å². The highest BCUT2D eigenvalue weighted by Crippen LogP contribution is 2.31. The second-order valence-corrected chi connectivity index (χ2v) is 8.75. The van der Waals surface area contributed by atoms with Gasteiger partial charge in [-0.15, -0.1) is 0 Å². The third kappa shape index (κ3) is 5.57. The summed E-state index contributed by atoms with van der Waals surface area (Å²) in [4.78, 5) is 18.3. The largest absolute Gasteiger partial charge is 0.494 e. The van der Waals surface area contributed by atoms with E-state index in [-0.39, 0.29) is 12.5 Å². The monoisotopic (exact) mass is 508 g/mol. The summed E-state index contributed by atoms with van der Waals surface area (Å²) in [6, 6.07) is 32.1. The van der Waals surface area contributed by atoms with Gasteiger partial charge in [-0.05, 0) is 67.6 Å². The van der Waals surface area contributed by atoms with Gasteiger partial charge in [0.05, 0.1) is 23.4 Å². The SMILES string of the molecule is CCOc1ccc(-c2cc(C(=O)NCc3c(Cl)cccc3Oc3ccccc3)c3ccccc3n2)cc1. The van der Waals surface area contributed by atoms with Crippen LogP contribution in [0.2, 0.25) is 5.02 Å². The van der Waals surface area contributed by atoms with Crippen molar-refractivity contribution in [3.8, 4) is 28.5 Å². The quantitative estimate of drug-likeness (QED) is 0.233. The molecule has 0 bridgehead atoms. The van der Waals surface area contributed by atoms with E-state index in [9.17, 15) is 4.79 Å². The van der Waals surface area contributed by atoms with Crippen molar-refractivity contribution in [2.75, 3.05) is 6.61 Å². The number of amides is 1. The minimum Gasteiger partial charge on any atom is -0.494 e. The Labute approximate surface area is 220 Å². The molecule has 0 saturated heterocycles. The highest BCUT2D eigenvalue weighted by molar-refractivity contribution is 6.31. The maximum Gasteiger partial charge on any atom is 0.252 e. The van der Waals surface area contributed by atoms with Crippen LogP contribution in [0.4, 0.5) is 0 Å². The molecular weight excluding hydrogens is 484 g/mol. The number of pyridine rings is 1. The molecule has 0 aliphatic heterocycles. The highest BCUT2D eigenvalue weighted by atomic mass is 35.5. The van der Waals surface area contributed by atoms with Gasteiger partial charge < -0.3 is 14.8 Å².